The van der Waals surface area contributed by atoms with Gasteiger partial charge in [-0.2, -0.15) is 4.57 Å². The Labute approximate surface area is 152 Å². The second kappa shape index (κ2) is 8.70. The van der Waals surface area contributed by atoms with Crippen LogP contribution in [0.4, 0.5) is 0 Å². The van der Waals surface area contributed by atoms with E-state index in [4.69, 9.17) is 4.74 Å². The second-order valence-electron chi connectivity index (χ2n) is 5.82. The van der Waals surface area contributed by atoms with Gasteiger partial charge in [-0.05, 0) is 17.5 Å². The molecule has 0 radical (unpaired) electrons. The van der Waals surface area contributed by atoms with Crippen LogP contribution in [0.1, 0.15) is 49.2 Å². The third kappa shape index (κ3) is 4.17. The predicted octanol–water partition coefficient (Wildman–Crippen LogP) is 0.847. The quantitative estimate of drug-likeness (QED) is 0.710. The van der Waals surface area contributed by atoms with Crippen molar-refractivity contribution in [2.75, 3.05) is 6.61 Å². The van der Waals surface area contributed by atoms with E-state index in [-0.39, 0.29) is 18.4 Å². The van der Waals surface area contributed by atoms with E-state index in [1.54, 1.807) is 0 Å². The van der Waals surface area contributed by atoms with E-state index in [1.165, 1.54) is 17.3 Å². The number of hydrogen-bond donors (Lipinski definition) is 2. The minimum atomic E-state index is -0.937. The topological polar surface area (TPSA) is 111 Å². The van der Waals surface area contributed by atoms with Crippen LogP contribution >= 0.6 is 15.9 Å². The number of aliphatic hydroxyl groups excluding tert-OH is 2. The lowest BCUT2D eigenvalue weighted by Crippen LogP contribution is -2.45. The molecule has 0 amide bonds. The lowest BCUT2D eigenvalue weighted by molar-refractivity contribution is -0.0462. The van der Waals surface area contributed by atoms with Gasteiger partial charge in [-0.1, -0.05) is 29.3 Å². The first-order chi connectivity index (χ1) is 11.9. The highest BCUT2D eigenvalue weighted by Gasteiger charge is 2.35. The van der Waals surface area contributed by atoms with Crippen molar-refractivity contribution < 1.29 is 19.7 Å². The molecule has 0 aromatic carbocycles. The minimum Gasteiger partial charge on any atom is -0.394 e. The van der Waals surface area contributed by atoms with Crippen molar-refractivity contribution in [1.29, 1.82) is 0 Å². The third-order valence-corrected chi connectivity index (χ3v) is 4.34. The molecule has 2 heterocycles. The summed E-state index contributed by atoms with van der Waals surface area (Å²) < 4.78 is 7.21. The number of rotatable bonds is 6. The normalized spacial score (nSPS) is 23.4. The molecular formula is C16H21BrN2O6. The van der Waals surface area contributed by atoms with Crippen LogP contribution in [-0.2, 0) is 4.74 Å². The summed E-state index contributed by atoms with van der Waals surface area (Å²) in [6.45, 7) is 1.51. The van der Waals surface area contributed by atoms with Gasteiger partial charge in [0.25, 0.3) is 5.56 Å². The summed E-state index contributed by atoms with van der Waals surface area (Å²) in [6, 6.07) is 0. The van der Waals surface area contributed by atoms with E-state index in [0.29, 0.717) is 11.0 Å². The molecule has 138 valence electrons. The molecular weight excluding hydrogens is 396 g/mol. The van der Waals surface area contributed by atoms with E-state index in [9.17, 15) is 24.6 Å². The van der Waals surface area contributed by atoms with Crippen LogP contribution < -0.4 is 11.2 Å². The molecule has 25 heavy (non-hydrogen) atoms. The predicted molar refractivity (Wildman–Crippen MR) is 94.7 cm³/mol. The molecule has 9 heteroatoms. The Morgan fingerprint density at radius 1 is 1.48 bits per heavy atom. The largest absolute Gasteiger partial charge is 0.394 e. The van der Waals surface area contributed by atoms with Gasteiger partial charge in [0.2, 0.25) is 5.91 Å². The molecule has 8 nitrogen and oxygen atoms in total. The number of halogens is 1. The van der Waals surface area contributed by atoms with E-state index < -0.39 is 42.2 Å². The summed E-state index contributed by atoms with van der Waals surface area (Å²) in [5, 5.41) is 19.1. The summed E-state index contributed by atoms with van der Waals surface area (Å²) >= 11 is 3.08. The molecule has 1 aliphatic heterocycles. The Balaban J connectivity index is 2.54. The third-order valence-electron chi connectivity index (χ3n) is 4.07. The molecule has 0 bridgehead atoms. The maximum Gasteiger partial charge on any atom is 0.340 e. The van der Waals surface area contributed by atoms with Crippen molar-refractivity contribution >= 4 is 27.9 Å². The van der Waals surface area contributed by atoms with Gasteiger partial charge in [0.15, 0.2) is 0 Å². The van der Waals surface area contributed by atoms with Crippen LogP contribution in [0.3, 0.4) is 0 Å². The highest BCUT2D eigenvalue weighted by Crippen LogP contribution is 2.27. The second-order valence-corrected chi connectivity index (χ2v) is 6.35. The molecule has 3 atom stereocenters. The highest BCUT2D eigenvalue weighted by atomic mass is 79.9. The van der Waals surface area contributed by atoms with Crippen molar-refractivity contribution in [2.24, 2.45) is 0 Å². The molecule has 0 unspecified atom stereocenters. The number of carbonyl (C=O) groups excluding carboxylic acids is 1. The van der Waals surface area contributed by atoms with Gasteiger partial charge in [-0.25, -0.2) is 4.79 Å². The van der Waals surface area contributed by atoms with Gasteiger partial charge < -0.3 is 14.9 Å². The fraction of sp³-hybridized carbons (Fsp3) is 0.562. The maximum atomic E-state index is 12.7. The van der Waals surface area contributed by atoms with Gasteiger partial charge in [0.05, 0.1) is 18.3 Å². The fourth-order valence-corrected chi connectivity index (χ4v) is 2.97. The van der Waals surface area contributed by atoms with Crippen LogP contribution in [0, 0.1) is 0 Å². The van der Waals surface area contributed by atoms with Crippen LogP contribution in [0.25, 0.3) is 6.08 Å². The number of nitrogens with zero attached hydrogens (tertiary/aromatic N) is 2. The summed E-state index contributed by atoms with van der Waals surface area (Å²) in [6.07, 6.45) is 1.58. The van der Waals surface area contributed by atoms with Crippen LogP contribution in [0.15, 0.2) is 20.8 Å². The molecule has 1 fully saturated rings. The van der Waals surface area contributed by atoms with Crippen LogP contribution in [0.2, 0.25) is 0 Å². The molecule has 1 saturated heterocycles. The minimum absolute atomic E-state index is 0.0734. The van der Waals surface area contributed by atoms with Crippen molar-refractivity contribution in [1.82, 2.24) is 9.13 Å². The number of hydrogen-bond acceptors (Lipinski definition) is 6. The van der Waals surface area contributed by atoms with Gasteiger partial charge in [0, 0.05) is 19.0 Å². The number of carbonyl (C=O) groups is 1. The molecule has 1 aromatic rings. The molecule has 0 aliphatic carbocycles. The number of aliphatic hydroxyl groups is 2. The van der Waals surface area contributed by atoms with E-state index in [0.717, 1.165) is 11.0 Å². The number of ether oxygens (including phenoxy) is 1. The summed E-state index contributed by atoms with van der Waals surface area (Å²) in [5.74, 6) is -0.576. The lowest BCUT2D eigenvalue weighted by Gasteiger charge is -2.17. The molecule has 1 aliphatic rings. The van der Waals surface area contributed by atoms with Gasteiger partial charge in [0.1, 0.15) is 12.3 Å². The molecule has 0 spiro atoms. The van der Waals surface area contributed by atoms with E-state index in [1.807, 2.05) is 6.92 Å². The zero-order valence-corrected chi connectivity index (χ0v) is 15.4. The Bertz CT molecular complexity index is 769. The Hall–Kier alpha value is -1.55. The summed E-state index contributed by atoms with van der Waals surface area (Å²) in [7, 11) is 0. The van der Waals surface area contributed by atoms with Gasteiger partial charge >= 0.3 is 5.69 Å². The smallest absolute Gasteiger partial charge is 0.340 e. The average Bonchev–Trinajstić information content (AvgIpc) is 2.96. The summed E-state index contributed by atoms with van der Waals surface area (Å²) in [5.41, 5.74) is -1.38. The van der Waals surface area contributed by atoms with Crippen molar-refractivity contribution in [3.05, 3.63) is 37.6 Å². The Kier molecular flexibility index (Phi) is 6.88. The number of unbranched alkanes of at least 4 members (excludes halogenated alkanes) is 1. The van der Waals surface area contributed by atoms with Crippen molar-refractivity contribution in [2.45, 2.75) is 51.0 Å². The summed E-state index contributed by atoms with van der Waals surface area (Å²) in [4.78, 5) is 38.9. The Morgan fingerprint density at radius 2 is 2.20 bits per heavy atom. The maximum absolute atomic E-state index is 12.7. The molecule has 2 N–H and O–H groups in total. The zero-order valence-electron chi connectivity index (χ0n) is 13.8. The zero-order chi connectivity index (χ0) is 18.6. The average molecular weight is 417 g/mol. The van der Waals surface area contributed by atoms with Crippen molar-refractivity contribution in [3.63, 3.8) is 0 Å². The molecule has 1 aromatic heterocycles. The first kappa shape index (κ1) is 19.8. The van der Waals surface area contributed by atoms with Crippen LogP contribution in [0.5, 0.6) is 0 Å². The van der Waals surface area contributed by atoms with Crippen LogP contribution in [-0.4, -0.2) is 44.1 Å². The highest BCUT2D eigenvalue weighted by molar-refractivity contribution is 9.11. The monoisotopic (exact) mass is 416 g/mol. The standard InChI is InChI=1S/C16H21BrN2O6/c1-2-3-4-13(22)19-15(23)10(5-6-17)8-18(16(19)24)14-7-11(21)12(9-20)25-14/h5-6,8,11-12,14,20-21H,2-4,7,9H2,1H3/t11-,12+,14+/m0/s1. The van der Waals surface area contributed by atoms with E-state index >= 15 is 0 Å². The van der Waals surface area contributed by atoms with Crippen molar-refractivity contribution in [3.8, 4) is 0 Å². The Morgan fingerprint density at radius 3 is 2.76 bits per heavy atom. The molecule has 2 rings (SSSR count). The number of aromatic nitrogens is 2. The molecule has 0 saturated carbocycles. The SMILES string of the molecule is CCCCC(=O)n1c(=O)c(C=CBr)cn([C@H]2C[C@H](O)[C@@H](CO)O2)c1=O. The first-order valence-corrected chi connectivity index (χ1v) is 8.98. The lowest BCUT2D eigenvalue weighted by atomic mass is 10.2. The van der Waals surface area contributed by atoms with E-state index in [2.05, 4.69) is 15.9 Å². The first-order valence-electron chi connectivity index (χ1n) is 8.07. The van der Waals surface area contributed by atoms with Gasteiger partial charge in [-0.15, -0.1) is 0 Å². The fourth-order valence-electron chi connectivity index (χ4n) is 2.69. The van der Waals surface area contributed by atoms with Gasteiger partial charge in [-0.3, -0.25) is 14.2 Å².